The zero-order valence-corrected chi connectivity index (χ0v) is 14.3. The number of nitrogen functional groups attached to an aromatic ring is 1. The molecule has 0 spiro atoms. The van der Waals surface area contributed by atoms with E-state index < -0.39 is 11.6 Å². The molecule has 2 aromatic rings. The Labute approximate surface area is 146 Å². The number of halogens is 2. The van der Waals surface area contributed by atoms with Crippen LogP contribution < -0.4 is 15.2 Å². The molecule has 0 atom stereocenters. The molecule has 4 nitrogen and oxygen atoms in total. The van der Waals surface area contributed by atoms with Gasteiger partial charge < -0.3 is 19.9 Å². The second kappa shape index (κ2) is 9.84. The third-order valence-electron chi connectivity index (χ3n) is 3.52. The van der Waals surface area contributed by atoms with E-state index in [4.69, 9.17) is 19.9 Å². The quantitative estimate of drug-likeness (QED) is 0.512. The van der Waals surface area contributed by atoms with Crippen LogP contribution in [0.25, 0.3) is 0 Å². The standard InChI is InChI=1S/C19H23F2NO3/c1-2-24-15-8-9-18(17(22)12-15)25-11-4-3-10-23-13-14-6-5-7-16(20)19(14)21/h5-9,12H,2-4,10-11,13,22H2,1H3. The van der Waals surface area contributed by atoms with Gasteiger partial charge in [0, 0.05) is 18.2 Å². The minimum Gasteiger partial charge on any atom is -0.494 e. The Kier molecular flexibility index (Phi) is 7.47. The second-order valence-corrected chi connectivity index (χ2v) is 5.45. The van der Waals surface area contributed by atoms with E-state index >= 15 is 0 Å². The van der Waals surface area contributed by atoms with Crippen LogP contribution in [0.5, 0.6) is 11.5 Å². The molecule has 25 heavy (non-hydrogen) atoms. The lowest BCUT2D eigenvalue weighted by Crippen LogP contribution is -2.04. The Balaban J connectivity index is 1.63. The van der Waals surface area contributed by atoms with Crippen molar-refractivity contribution in [3.63, 3.8) is 0 Å². The van der Waals surface area contributed by atoms with Crippen molar-refractivity contribution in [3.05, 3.63) is 53.6 Å². The molecule has 136 valence electrons. The summed E-state index contributed by atoms with van der Waals surface area (Å²) in [6.07, 6.45) is 1.51. The molecule has 0 amide bonds. The normalized spacial score (nSPS) is 10.7. The molecule has 0 aliphatic heterocycles. The van der Waals surface area contributed by atoms with Crippen molar-refractivity contribution in [2.45, 2.75) is 26.4 Å². The molecule has 2 N–H and O–H groups in total. The summed E-state index contributed by atoms with van der Waals surface area (Å²) in [5.41, 5.74) is 6.66. The van der Waals surface area contributed by atoms with E-state index in [1.165, 1.54) is 12.1 Å². The first-order valence-electron chi connectivity index (χ1n) is 8.27. The highest BCUT2D eigenvalue weighted by atomic mass is 19.2. The first-order valence-corrected chi connectivity index (χ1v) is 8.27. The first-order chi connectivity index (χ1) is 12.1. The van der Waals surface area contributed by atoms with Gasteiger partial charge in [-0.3, -0.25) is 0 Å². The smallest absolute Gasteiger partial charge is 0.164 e. The topological polar surface area (TPSA) is 53.7 Å². The number of anilines is 1. The summed E-state index contributed by atoms with van der Waals surface area (Å²) in [6, 6.07) is 9.38. The van der Waals surface area contributed by atoms with Gasteiger partial charge in [0.15, 0.2) is 11.6 Å². The Morgan fingerprint density at radius 2 is 1.80 bits per heavy atom. The maximum Gasteiger partial charge on any atom is 0.164 e. The summed E-state index contributed by atoms with van der Waals surface area (Å²) in [7, 11) is 0. The van der Waals surface area contributed by atoms with E-state index in [1.54, 1.807) is 12.1 Å². The lowest BCUT2D eigenvalue weighted by Gasteiger charge is -2.11. The average molecular weight is 351 g/mol. The Bertz CT molecular complexity index is 680. The van der Waals surface area contributed by atoms with Crippen LogP contribution in [0, 0.1) is 11.6 Å². The summed E-state index contributed by atoms with van der Waals surface area (Å²) >= 11 is 0. The van der Waals surface area contributed by atoms with Gasteiger partial charge in [0.05, 0.1) is 25.5 Å². The van der Waals surface area contributed by atoms with Gasteiger partial charge in [0.25, 0.3) is 0 Å². The van der Waals surface area contributed by atoms with E-state index in [9.17, 15) is 8.78 Å². The highest BCUT2D eigenvalue weighted by Crippen LogP contribution is 2.26. The van der Waals surface area contributed by atoms with Crippen molar-refractivity contribution in [1.29, 1.82) is 0 Å². The van der Waals surface area contributed by atoms with Crippen LogP contribution in [0.1, 0.15) is 25.3 Å². The number of unbranched alkanes of at least 4 members (excludes halogenated alkanes) is 1. The van der Waals surface area contributed by atoms with E-state index in [1.807, 2.05) is 13.0 Å². The molecule has 0 saturated carbocycles. The molecule has 0 bridgehead atoms. The van der Waals surface area contributed by atoms with Gasteiger partial charge in [0.2, 0.25) is 0 Å². The zero-order valence-electron chi connectivity index (χ0n) is 14.3. The molecule has 0 fully saturated rings. The molecule has 2 rings (SSSR count). The van der Waals surface area contributed by atoms with Crippen molar-refractivity contribution in [3.8, 4) is 11.5 Å². The zero-order chi connectivity index (χ0) is 18.1. The Morgan fingerprint density at radius 3 is 2.56 bits per heavy atom. The fourth-order valence-corrected chi connectivity index (χ4v) is 2.24. The molecule has 0 unspecified atom stereocenters. The van der Waals surface area contributed by atoms with E-state index in [0.29, 0.717) is 37.0 Å². The summed E-state index contributed by atoms with van der Waals surface area (Å²) in [4.78, 5) is 0. The van der Waals surface area contributed by atoms with Crippen LogP contribution in [0.15, 0.2) is 36.4 Å². The summed E-state index contributed by atoms with van der Waals surface area (Å²) < 4.78 is 42.8. The molecule has 0 aromatic heterocycles. The monoisotopic (exact) mass is 351 g/mol. The van der Waals surface area contributed by atoms with Crippen LogP contribution in [0.3, 0.4) is 0 Å². The molecule has 0 saturated heterocycles. The number of hydrogen-bond donors (Lipinski definition) is 1. The van der Waals surface area contributed by atoms with E-state index in [0.717, 1.165) is 18.9 Å². The maximum atomic E-state index is 13.4. The van der Waals surface area contributed by atoms with Crippen molar-refractivity contribution in [1.82, 2.24) is 0 Å². The van der Waals surface area contributed by atoms with Crippen molar-refractivity contribution in [2.75, 3.05) is 25.6 Å². The number of hydrogen-bond acceptors (Lipinski definition) is 4. The minimum absolute atomic E-state index is 0.0519. The first kappa shape index (κ1) is 19.0. The molecule has 0 heterocycles. The molecule has 0 radical (unpaired) electrons. The van der Waals surface area contributed by atoms with Crippen LogP contribution in [-0.4, -0.2) is 19.8 Å². The SMILES string of the molecule is CCOc1ccc(OCCCCOCc2cccc(F)c2F)c(N)c1. The van der Waals surface area contributed by atoms with Crippen molar-refractivity contribution >= 4 is 5.69 Å². The largest absolute Gasteiger partial charge is 0.494 e. The molecular formula is C19H23F2NO3. The van der Waals surface area contributed by atoms with Crippen molar-refractivity contribution < 1.29 is 23.0 Å². The molecule has 6 heteroatoms. The number of nitrogens with two attached hydrogens (primary N) is 1. The van der Waals surface area contributed by atoms with Gasteiger partial charge >= 0.3 is 0 Å². The fraction of sp³-hybridized carbons (Fsp3) is 0.368. The number of ether oxygens (including phenoxy) is 3. The molecule has 0 aliphatic carbocycles. The average Bonchev–Trinajstić information content (AvgIpc) is 2.59. The van der Waals surface area contributed by atoms with Gasteiger partial charge in [0.1, 0.15) is 11.5 Å². The van der Waals surface area contributed by atoms with Crippen LogP contribution >= 0.6 is 0 Å². The highest BCUT2D eigenvalue weighted by Gasteiger charge is 2.07. The Morgan fingerprint density at radius 1 is 1.00 bits per heavy atom. The van der Waals surface area contributed by atoms with Gasteiger partial charge in [-0.1, -0.05) is 12.1 Å². The lowest BCUT2D eigenvalue weighted by molar-refractivity contribution is 0.111. The third kappa shape index (κ3) is 5.90. The highest BCUT2D eigenvalue weighted by molar-refractivity contribution is 5.56. The van der Waals surface area contributed by atoms with Gasteiger partial charge in [-0.25, -0.2) is 8.78 Å². The van der Waals surface area contributed by atoms with Gasteiger partial charge in [-0.15, -0.1) is 0 Å². The van der Waals surface area contributed by atoms with Crippen LogP contribution in [0.4, 0.5) is 14.5 Å². The second-order valence-electron chi connectivity index (χ2n) is 5.45. The molecule has 0 aliphatic rings. The summed E-state index contributed by atoms with van der Waals surface area (Å²) in [6.45, 7) is 3.48. The summed E-state index contributed by atoms with van der Waals surface area (Å²) in [5.74, 6) is -0.379. The van der Waals surface area contributed by atoms with E-state index in [-0.39, 0.29) is 12.2 Å². The predicted octanol–water partition coefficient (Wildman–Crippen LogP) is 4.32. The maximum absolute atomic E-state index is 13.4. The van der Waals surface area contributed by atoms with Gasteiger partial charge in [-0.2, -0.15) is 0 Å². The fourth-order valence-electron chi connectivity index (χ4n) is 2.24. The van der Waals surface area contributed by atoms with Gasteiger partial charge in [-0.05, 0) is 38.0 Å². The van der Waals surface area contributed by atoms with E-state index in [2.05, 4.69) is 0 Å². The Hall–Kier alpha value is -2.34. The number of rotatable bonds is 10. The van der Waals surface area contributed by atoms with Crippen LogP contribution in [-0.2, 0) is 11.3 Å². The van der Waals surface area contributed by atoms with Crippen LogP contribution in [0.2, 0.25) is 0 Å². The third-order valence-corrected chi connectivity index (χ3v) is 3.52. The lowest BCUT2D eigenvalue weighted by atomic mass is 10.2. The summed E-state index contributed by atoms with van der Waals surface area (Å²) in [5, 5.41) is 0. The minimum atomic E-state index is -0.859. The van der Waals surface area contributed by atoms with Crippen molar-refractivity contribution in [2.24, 2.45) is 0 Å². The molecule has 2 aromatic carbocycles. The number of benzene rings is 2. The predicted molar refractivity (Wildman–Crippen MR) is 92.8 cm³/mol. The molecular weight excluding hydrogens is 328 g/mol.